The number of anilines is 2. The van der Waals surface area contributed by atoms with E-state index in [2.05, 4.69) is 50.0 Å². The summed E-state index contributed by atoms with van der Waals surface area (Å²) in [6, 6.07) is 12.4. The van der Waals surface area contributed by atoms with Crippen LogP contribution < -0.4 is 15.1 Å². The number of aryl methyl sites for hydroxylation is 1. The van der Waals surface area contributed by atoms with Gasteiger partial charge >= 0.3 is 6.03 Å². The van der Waals surface area contributed by atoms with E-state index in [4.69, 9.17) is 0 Å². The van der Waals surface area contributed by atoms with Crippen LogP contribution in [-0.4, -0.2) is 29.9 Å². The highest BCUT2D eigenvalue weighted by atomic mass is 16.2. The highest BCUT2D eigenvalue weighted by molar-refractivity contribution is 6.39. The first-order chi connectivity index (χ1) is 15.1. The molecule has 166 valence electrons. The van der Waals surface area contributed by atoms with Gasteiger partial charge in [-0.15, -0.1) is 0 Å². The Labute approximate surface area is 188 Å². The maximum absolute atomic E-state index is 13.2. The monoisotopic (exact) mass is 431 g/mol. The summed E-state index contributed by atoms with van der Waals surface area (Å²) in [5, 5.41) is 2.30. The van der Waals surface area contributed by atoms with Crippen molar-refractivity contribution in [2.75, 3.05) is 16.3 Å². The van der Waals surface area contributed by atoms with E-state index in [9.17, 15) is 14.4 Å². The molecule has 1 N–H and O–H groups in total. The van der Waals surface area contributed by atoms with Gasteiger partial charge in [0, 0.05) is 17.8 Å². The van der Waals surface area contributed by atoms with E-state index in [0.29, 0.717) is 11.6 Å². The van der Waals surface area contributed by atoms with Crippen LogP contribution in [0, 0.1) is 6.92 Å². The number of hydrogen-bond donors (Lipinski definition) is 1. The van der Waals surface area contributed by atoms with E-state index < -0.39 is 17.8 Å². The van der Waals surface area contributed by atoms with Gasteiger partial charge in [-0.05, 0) is 81.0 Å². The number of barbiturate groups is 1. The third kappa shape index (κ3) is 3.60. The molecule has 0 spiro atoms. The minimum Gasteiger partial charge on any atom is -0.366 e. The third-order valence-electron chi connectivity index (χ3n) is 6.49. The predicted octanol–water partition coefficient (Wildman–Crippen LogP) is 4.77. The van der Waals surface area contributed by atoms with Crippen LogP contribution in [0.4, 0.5) is 16.2 Å². The molecule has 32 heavy (non-hydrogen) atoms. The number of hydrogen-bond acceptors (Lipinski definition) is 4. The van der Waals surface area contributed by atoms with E-state index in [1.807, 2.05) is 25.1 Å². The zero-order valence-electron chi connectivity index (χ0n) is 19.2. The molecule has 2 aliphatic heterocycles. The number of nitrogens with one attached hydrogen (secondary N) is 1. The number of imide groups is 2. The van der Waals surface area contributed by atoms with Gasteiger partial charge in [0.25, 0.3) is 11.8 Å². The second-order valence-corrected chi connectivity index (χ2v) is 9.22. The van der Waals surface area contributed by atoms with Crippen molar-refractivity contribution in [3.8, 4) is 0 Å². The highest BCUT2D eigenvalue weighted by Crippen LogP contribution is 2.43. The molecular formula is C26H29N3O3. The smallest absolute Gasteiger partial charge is 0.335 e. The van der Waals surface area contributed by atoms with Crippen molar-refractivity contribution >= 4 is 35.3 Å². The molecular weight excluding hydrogens is 402 g/mol. The lowest BCUT2D eigenvalue weighted by atomic mass is 9.79. The molecule has 4 rings (SSSR count). The fraction of sp³-hybridized carbons (Fsp3) is 0.346. The maximum Gasteiger partial charge on any atom is 0.335 e. The fourth-order valence-corrected chi connectivity index (χ4v) is 5.05. The van der Waals surface area contributed by atoms with Crippen LogP contribution >= 0.6 is 0 Å². The normalized spacial score (nSPS) is 21.6. The Hall–Kier alpha value is -3.41. The summed E-state index contributed by atoms with van der Waals surface area (Å²) < 4.78 is 0. The number of fused-ring (bicyclic) bond motifs is 1. The molecule has 1 atom stereocenters. The number of carbonyl (C=O) groups is 3. The first-order valence-electron chi connectivity index (χ1n) is 11.0. The first-order valence-corrected chi connectivity index (χ1v) is 11.0. The van der Waals surface area contributed by atoms with Gasteiger partial charge in [0.05, 0.1) is 5.69 Å². The molecule has 2 heterocycles. The number of carbonyl (C=O) groups excluding carboxylic acids is 3. The minimum atomic E-state index is -0.730. The van der Waals surface area contributed by atoms with Crippen LogP contribution in [0.1, 0.15) is 56.7 Å². The summed E-state index contributed by atoms with van der Waals surface area (Å²) in [7, 11) is 0. The van der Waals surface area contributed by atoms with Crippen molar-refractivity contribution < 1.29 is 14.4 Å². The lowest BCUT2D eigenvalue weighted by Crippen LogP contribution is -2.54. The molecule has 6 heteroatoms. The molecule has 1 fully saturated rings. The van der Waals surface area contributed by atoms with Crippen LogP contribution in [0.25, 0.3) is 6.08 Å². The molecule has 4 amide bonds. The molecule has 2 aliphatic rings. The Balaban J connectivity index is 1.74. The van der Waals surface area contributed by atoms with Crippen LogP contribution in [0.2, 0.25) is 0 Å². The summed E-state index contributed by atoms with van der Waals surface area (Å²) in [6.07, 6.45) is 2.60. The van der Waals surface area contributed by atoms with E-state index in [0.717, 1.165) is 29.0 Å². The van der Waals surface area contributed by atoms with Crippen molar-refractivity contribution in [3.63, 3.8) is 0 Å². The van der Waals surface area contributed by atoms with E-state index in [1.165, 1.54) is 11.3 Å². The van der Waals surface area contributed by atoms with Gasteiger partial charge in [-0.1, -0.05) is 31.2 Å². The van der Waals surface area contributed by atoms with Crippen LogP contribution in [0.15, 0.2) is 48.0 Å². The SMILES string of the molecule is CCN1c2ccc(/C=C3\C(=O)NC(=O)N(c4ccccc4C)C3=O)cc2[C@H](C)CC1(C)C. The van der Waals surface area contributed by atoms with Crippen molar-refractivity contribution in [1.29, 1.82) is 0 Å². The Morgan fingerprint density at radius 1 is 1.09 bits per heavy atom. The predicted molar refractivity (Wildman–Crippen MR) is 127 cm³/mol. The lowest BCUT2D eigenvalue weighted by molar-refractivity contribution is -0.122. The van der Waals surface area contributed by atoms with Crippen molar-refractivity contribution in [2.45, 2.75) is 52.5 Å². The average Bonchev–Trinajstić information content (AvgIpc) is 2.72. The second kappa shape index (κ2) is 7.93. The summed E-state index contributed by atoms with van der Waals surface area (Å²) in [6.45, 7) is 11.6. The Morgan fingerprint density at radius 2 is 1.81 bits per heavy atom. The zero-order chi connectivity index (χ0) is 23.2. The quantitative estimate of drug-likeness (QED) is 0.561. The molecule has 2 aromatic carbocycles. The van der Waals surface area contributed by atoms with Gasteiger partial charge in [0.15, 0.2) is 0 Å². The summed E-state index contributed by atoms with van der Waals surface area (Å²) in [4.78, 5) is 41.7. The van der Waals surface area contributed by atoms with E-state index >= 15 is 0 Å². The van der Waals surface area contributed by atoms with Crippen molar-refractivity contribution in [3.05, 3.63) is 64.7 Å². The third-order valence-corrected chi connectivity index (χ3v) is 6.49. The number of para-hydroxylation sites is 1. The zero-order valence-corrected chi connectivity index (χ0v) is 19.2. The standard InChI is InChI=1S/C26H29N3O3/c1-6-28-22-12-11-18(13-19(22)17(3)15-26(28,4)5)14-20-23(30)27-25(32)29(24(20)31)21-10-8-7-9-16(21)2/h7-14,17H,6,15H2,1-5H3,(H,27,30,32)/b20-14+/t17-/m1/s1. The minimum absolute atomic E-state index is 0.0519. The molecule has 0 unspecified atom stereocenters. The maximum atomic E-state index is 13.2. The first kappa shape index (κ1) is 21.8. The van der Waals surface area contributed by atoms with Gasteiger partial charge in [0.2, 0.25) is 0 Å². The molecule has 6 nitrogen and oxygen atoms in total. The largest absolute Gasteiger partial charge is 0.366 e. The lowest BCUT2D eigenvalue weighted by Gasteiger charge is -2.47. The van der Waals surface area contributed by atoms with Crippen molar-refractivity contribution in [1.82, 2.24) is 5.32 Å². The molecule has 0 radical (unpaired) electrons. The summed E-state index contributed by atoms with van der Waals surface area (Å²) >= 11 is 0. The molecule has 0 bridgehead atoms. The molecule has 2 aromatic rings. The van der Waals surface area contributed by atoms with E-state index in [1.54, 1.807) is 18.2 Å². The van der Waals surface area contributed by atoms with Crippen molar-refractivity contribution in [2.24, 2.45) is 0 Å². The number of amides is 4. The Bertz CT molecular complexity index is 1150. The number of rotatable bonds is 3. The molecule has 0 saturated carbocycles. The second-order valence-electron chi connectivity index (χ2n) is 9.22. The van der Waals surface area contributed by atoms with Crippen LogP contribution in [0.5, 0.6) is 0 Å². The topological polar surface area (TPSA) is 69.7 Å². The summed E-state index contributed by atoms with van der Waals surface area (Å²) in [5.41, 5.74) is 4.41. The van der Waals surface area contributed by atoms with Crippen LogP contribution in [0.3, 0.4) is 0 Å². The molecule has 0 aromatic heterocycles. The van der Waals surface area contributed by atoms with Gasteiger partial charge in [0.1, 0.15) is 5.57 Å². The summed E-state index contributed by atoms with van der Waals surface area (Å²) in [5.74, 6) is -0.941. The van der Waals surface area contributed by atoms with Gasteiger partial charge in [-0.3, -0.25) is 14.9 Å². The van der Waals surface area contributed by atoms with Crippen LogP contribution in [-0.2, 0) is 9.59 Å². The average molecular weight is 432 g/mol. The van der Waals surface area contributed by atoms with Gasteiger partial charge in [-0.2, -0.15) is 0 Å². The Morgan fingerprint density at radius 3 is 2.50 bits per heavy atom. The highest BCUT2D eigenvalue weighted by Gasteiger charge is 2.38. The molecule has 0 aliphatic carbocycles. The van der Waals surface area contributed by atoms with E-state index in [-0.39, 0.29) is 11.1 Å². The number of nitrogens with zero attached hydrogens (tertiary/aromatic N) is 2. The fourth-order valence-electron chi connectivity index (χ4n) is 5.05. The number of benzene rings is 2. The Kier molecular flexibility index (Phi) is 5.41. The molecule has 1 saturated heterocycles. The number of urea groups is 1. The van der Waals surface area contributed by atoms with Gasteiger partial charge in [-0.25, -0.2) is 9.69 Å². The van der Waals surface area contributed by atoms with Gasteiger partial charge < -0.3 is 4.90 Å².